The Kier molecular flexibility index (Phi) is 7.57. The molecule has 1 aromatic carbocycles. The Morgan fingerprint density at radius 3 is 2.83 bits per heavy atom. The van der Waals surface area contributed by atoms with E-state index in [9.17, 15) is 4.39 Å². The highest BCUT2D eigenvalue weighted by Gasteiger charge is 2.12. The molecule has 0 saturated heterocycles. The molecule has 0 aliphatic heterocycles. The molecule has 0 radical (unpaired) electrons. The third-order valence-corrected chi connectivity index (χ3v) is 2.58. The van der Waals surface area contributed by atoms with Gasteiger partial charge < -0.3 is 14.8 Å². The van der Waals surface area contributed by atoms with E-state index in [-0.39, 0.29) is 11.9 Å². The van der Waals surface area contributed by atoms with Gasteiger partial charge in [0.05, 0.1) is 19.3 Å². The molecule has 4 heteroatoms. The molecule has 0 bridgehead atoms. The largest absolute Gasteiger partial charge is 0.382 e. The number of hydrogen-bond acceptors (Lipinski definition) is 3. The van der Waals surface area contributed by atoms with Gasteiger partial charge in [0.25, 0.3) is 0 Å². The second-order valence-corrected chi connectivity index (χ2v) is 4.11. The average Bonchev–Trinajstić information content (AvgIpc) is 2.37. The summed E-state index contributed by atoms with van der Waals surface area (Å²) in [4.78, 5) is 0. The van der Waals surface area contributed by atoms with E-state index in [0.29, 0.717) is 19.8 Å². The molecule has 102 valence electrons. The normalized spacial score (nSPS) is 12.6. The smallest absolute Gasteiger partial charge is 0.123 e. The molecule has 1 unspecified atom stereocenters. The van der Waals surface area contributed by atoms with Crippen LogP contribution in [0, 0.1) is 5.82 Å². The summed E-state index contributed by atoms with van der Waals surface area (Å²) >= 11 is 0. The van der Waals surface area contributed by atoms with Crippen LogP contribution in [0.5, 0.6) is 0 Å². The van der Waals surface area contributed by atoms with Crippen molar-refractivity contribution < 1.29 is 13.9 Å². The Balaban J connectivity index is 2.57. The molecule has 1 atom stereocenters. The first-order chi connectivity index (χ1) is 8.77. The van der Waals surface area contributed by atoms with Gasteiger partial charge in [0.1, 0.15) is 5.82 Å². The van der Waals surface area contributed by atoms with E-state index in [1.165, 1.54) is 12.1 Å². The van der Waals surface area contributed by atoms with Crippen molar-refractivity contribution >= 4 is 0 Å². The summed E-state index contributed by atoms with van der Waals surface area (Å²) in [6, 6.07) is 6.55. The van der Waals surface area contributed by atoms with E-state index < -0.39 is 0 Å². The molecule has 0 saturated carbocycles. The maximum Gasteiger partial charge on any atom is 0.123 e. The Morgan fingerprint density at radius 2 is 2.17 bits per heavy atom. The second kappa shape index (κ2) is 9.03. The summed E-state index contributed by atoms with van der Waals surface area (Å²) in [5.74, 6) is -0.233. The second-order valence-electron chi connectivity index (χ2n) is 4.11. The van der Waals surface area contributed by atoms with Crippen LogP contribution in [-0.2, 0) is 9.47 Å². The summed E-state index contributed by atoms with van der Waals surface area (Å²) < 4.78 is 23.9. The third-order valence-electron chi connectivity index (χ3n) is 2.58. The minimum absolute atomic E-state index is 0.137. The Hall–Kier alpha value is -0.970. The van der Waals surface area contributed by atoms with Crippen molar-refractivity contribution in [3.8, 4) is 0 Å². The Bertz CT molecular complexity index is 323. The van der Waals surface area contributed by atoms with Crippen molar-refractivity contribution in [1.82, 2.24) is 5.32 Å². The van der Waals surface area contributed by atoms with Gasteiger partial charge >= 0.3 is 0 Å². The maximum atomic E-state index is 13.2. The van der Waals surface area contributed by atoms with Crippen LogP contribution in [0.4, 0.5) is 4.39 Å². The molecular formula is C14H22FNO2. The van der Waals surface area contributed by atoms with Crippen LogP contribution in [-0.4, -0.2) is 33.4 Å². The molecule has 0 amide bonds. The number of nitrogens with one attached hydrogen (secondary N) is 1. The van der Waals surface area contributed by atoms with Crippen LogP contribution in [0.2, 0.25) is 0 Å². The van der Waals surface area contributed by atoms with Gasteiger partial charge in [0, 0.05) is 13.7 Å². The highest BCUT2D eigenvalue weighted by molar-refractivity contribution is 5.19. The van der Waals surface area contributed by atoms with Crippen LogP contribution in [0.1, 0.15) is 25.0 Å². The summed E-state index contributed by atoms with van der Waals surface area (Å²) in [7, 11) is 1.63. The molecule has 1 N–H and O–H groups in total. The van der Waals surface area contributed by atoms with Crippen LogP contribution < -0.4 is 5.32 Å². The molecule has 0 aromatic heterocycles. The predicted molar refractivity (Wildman–Crippen MR) is 70.1 cm³/mol. The maximum absolute atomic E-state index is 13.2. The van der Waals surface area contributed by atoms with Crippen molar-refractivity contribution in [2.75, 3.05) is 33.4 Å². The van der Waals surface area contributed by atoms with Crippen molar-refractivity contribution in [1.29, 1.82) is 0 Å². The van der Waals surface area contributed by atoms with Crippen molar-refractivity contribution in [2.45, 2.75) is 19.4 Å². The minimum atomic E-state index is -0.233. The number of halogens is 1. The lowest BCUT2D eigenvalue weighted by Crippen LogP contribution is -2.25. The fourth-order valence-electron chi connectivity index (χ4n) is 1.66. The van der Waals surface area contributed by atoms with Gasteiger partial charge in [-0.15, -0.1) is 0 Å². The van der Waals surface area contributed by atoms with Crippen molar-refractivity contribution in [2.24, 2.45) is 0 Å². The number of rotatable bonds is 9. The zero-order chi connectivity index (χ0) is 13.2. The van der Waals surface area contributed by atoms with Gasteiger partial charge in [0.2, 0.25) is 0 Å². The van der Waals surface area contributed by atoms with Gasteiger partial charge in [-0.05, 0) is 30.7 Å². The molecule has 0 aliphatic rings. The highest BCUT2D eigenvalue weighted by Crippen LogP contribution is 2.17. The number of ether oxygens (including phenoxy) is 2. The third kappa shape index (κ3) is 5.58. The SMILES string of the molecule is CCCNCC(OCCOC)c1cccc(F)c1. The quantitative estimate of drug-likeness (QED) is 0.688. The molecule has 0 spiro atoms. The van der Waals surface area contributed by atoms with Crippen LogP contribution >= 0.6 is 0 Å². The average molecular weight is 255 g/mol. The summed E-state index contributed by atoms with van der Waals surface area (Å²) in [5, 5.41) is 3.29. The van der Waals surface area contributed by atoms with Crippen LogP contribution in [0.15, 0.2) is 24.3 Å². The topological polar surface area (TPSA) is 30.5 Å². The lowest BCUT2D eigenvalue weighted by Gasteiger charge is -2.19. The fourth-order valence-corrected chi connectivity index (χ4v) is 1.66. The summed E-state index contributed by atoms with van der Waals surface area (Å²) in [6.45, 7) is 4.77. The van der Waals surface area contributed by atoms with Gasteiger partial charge in [-0.25, -0.2) is 4.39 Å². The van der Waals surface area contributed by atoms with E-state index in [1.54, 1.807) is 13.2 Å². The minimum Gasteiger partial charge on any atom is -0.382 e. The van der Waals surface area contributed by atoms with Gasteiger partial charge in [-0.2, -0.15) is 0 Å². The molecule has 3 nitrogen and oxygen atoms in total. The first-order valence-electron chi connectivity index (χ1n) is 6.34. The molecule has 18 heavy (non-hydrogen) atoms. The molecular weight excluding hydrogens is 233 g/mol. The standard InChI is InChI=1S/C14H22FNO2/c1-3-7-16-11-14(18-9-8-17-2)12-5-4-6-13(15)10-12/h4-6,10,14,16H,3,7-9,11H2,1-2H3. The van der Waals surface area contributed by atoms with E-state index in [4.69, 9.17) is 9.47 Å². The fraction of sp³-hybridized carbons (Fsp3) is 0.571. The van der Waals surface area contributed by atoms with E-state index in [0.717, 1.165) is 18.5 Å². The number of hydrogen-bond donors (Lipinski definition) is 1. The molecule has 1 rings (SSSR count). The molecule has 1 aromatic rings. The van der Waals surface area contributed by atoms with Gasteiger partial charge in [-0.1, -0.05) is 19.1 Å². The zero-order valence-corrected chi connectivity index (χ0v) is 11.1. The summed E-state index contributed by atoms with van der Waals surface area (Å²) in [5.41, 5.74) is 0.856. The molecule has 0 fully saturated rings. The first kappa shape index (κ1) is 15.1. The van der Waals surface area contributed by atoms with Crippen LogP contribution in [0.25, 0.3) is 0 Å². The molecule has 0 aliphatic carbocycles. The van der Waals surface area contributed by atoms with Crippen LogP contribution in [0.3, 0.4) is 0 Å². The molecule has 0 heterocycles. The lowest BCUT2D eigenvalue weighted by molar-refractivity contribution is 0.0166. The van der Waals surface area contributed by atoms with Crippen molar-refractivity contribution in [3.05, 3.63) is 35.6 Å². The van der Waals surface area contributed by atoms with E-state index in [1.807, 2.05) is 6.07 Å². The monoisotopic (exact) mass is 255 g/mol. The predicted octanol–water partition coefficient (Wildman–Crippen LogP) is 2.53. The lowest BCUT2D eigenvalue weighted by atomic mass is 10.1. The van der Waals surface area contributed by atoms with Gasteiger partial charge in [0.15, 0.2) is 0 Å². The van der Waals surface area contributed by atoms with E-state index in [2.05, 4.69) is 12.2 Å². The van der Waals surface area contributed by atoms with E-state index >= 15 is 0 Å². The number of benzene rings is 1. The Labute approximate surface area is 108 Å². The highest BCUT2D eigenvalue weighted by atomic mass is 19.1. The number of methoxy groups -OCH3 is 1. The van der Waals surface area contributed by atoms with Gasteiger partial charge in [-0.3, -0.25) is 0 Å². The summed E-state index contributed by atoms with van der Waals surface area (Å²) in [6.07, 6.45) is 0.927. The zero-order valence-electron chi connectivity index (χ0n) is 11.1. The first-order valence-corrected chi connectivity index (χ1v) is 6.34. The van der Waals surface area contributed by atoms with Crippen molar-refractivity contribution in [3.63, 3.8) is 0 Å². The Morgan fingerprint density at radius 1 is 1.33 bits per heavy atom.